The first-order valence-corrected chi connectivity index (χ1v) is 8.76. The van der Waals surface area contributed by atoms with Gasteiger partial charge in [-0.3, -0.25) is 0 Å². The third-order valence-corrected chi connectivity index (χ3v) is 4.80. The summed E-state index contributed by atoms with van der Waals surface area (Å²) in [7, 11) is 1.80. The van der Waals surface area contributed by atoms with Crippen molar-refractivity contribution in [2.75, 3.05) is 39.9 Å². The minimum absolute atomic E-state index is 0.206. The van der Waals surface area contributed by atoms with Gasteiger partial charge in [0.1, 0.15) is 0 Å². The molecule has 0 aromatic rings. The highest BCUT2D eigenvalue weighted by atomic mass is 16.5. The van der Waals surface area contributed by atoms with Crippen LogP contribution in [0.4, 0.5) is 0 Å². The second-order valence-corrected chi connectivity index (χ2v) is 8.17. The minimum Gasteiger partial charge on any atom is -0.383 e. The summed E-state index contributed by atoms with van der Waals surface area (Å²) in [5.74, 6) is 0.863. The van der Waals surface area contributed by atoms with E-state index in [0.29, 0.717) is 5.41 Å². The fourth-order valence-electron chi connectivity index (χ4n) is 3.63. The maximum absolute atomic E-state index is 5.27. The Morgan fingerprint density at radius 1 is 1.33 bits per heavy atom. The van der Waals surface area contributed by atoms with Crippen molar-refractivity contribution in [3.63, 3.8) is 0 Å². The first-order chi connectivity index (χ1) is 9.80. The zero-order valence-electron chi connectivity index (χ0n) is 15.3. The summed E-state index contributed by atoms with van der Waals surface area (Å²) >= 11 is 0. The Bertz CT molecular complexity index is 287. The molecular weight excluding hydrogens is 260 g/mol. The van der Waals surface area contributed by atoms with Gasteiger partial charge in [0.15, 0.2) is 0 Å². The molecule has 0 aromatic heterocycles. The molecule has 1 aliphatic carbocycles. The minimum atomic E-state index is 0.206. The Balaban J connectivity index is 2.70. The van der Waals surface area contributed by atoms with Crippen LogP contribution in [0.15, 0.2) is 0 Å². The third kappa shape index (κ3) is 7.12. The Morgan fingerprint density at radius 3 is 2.57 bits per heavy atom. The van der Waals surface area contributed by atoms with Crippen LogP contribution in [-0.4, -0.2) is 50.3 Å². The molecule has 0 radical (unpaired) electrons. The number of rotatable bonds is 8. The smallest absolute Gasteiger partial charge is 0.0589 e. The molecule has 1 aliphatic rings. The van der Waals surface area contributed by atoms with E-state index in [4.69, 9.17) is 4.74 Å². The molecule has 0 aromatic carbocycles. The van der Waals surface area contributed by atoms with Gasteiger partial charge < -0.3 is 15.0 Å². The first kappa shape index (κ1) is 18.9. The molecule has 1 N–H and O–H groups in total. The highest BCUT2D eigenvalue weighted by Gasteiger charge is 2.36. The van der Waals surface area contributed by atoms with E-state index in [0.717, 1.165) is 32.2 Å². The van der Waals surface area contributed by atoms with Gasteiger partial charge >= 0.3 is 0 Å². The van der Waals surface area contributed by atoms with Gasteiger partial charge in [-0.05, 0) is 51.5 Å². The van der Waals surface area contributed by atoms with Crippen molar-refractivity contribution < 1.29 is 4.74 Å². The maximum Gasteiger partial charge on any atom is 0.0589 e. The second-order valence-electron chi connectivity index (χ2n) is 8.17. The predicted octanol–water partition coefficient (Wildman–Crippen LogP) is 3.54. The van der Waals surface area contributed by atoms with E-state index in [1.165, 1.54) is 32.2 Å². The molecule has 1 saturated carbocycles. The molecule has 126 valence electrons. The van der Waals surface area contributed by atoms with Crippen molar-refractivity contribution >= 4 is 0 Å². The van der Waals surface area contributed by atoms with Crippen LogP contribution >= 0.6 is 0 Å². The second kappa shape index (κ2) is 8.50. The summed E-state index contributed by atoms with van der Waals surface area (Å²) in [6.07, 6.45) is 5.51. The van der Waals surface area contributed by atoms with Gasteiger partial charge in [-0.25, -0.2) is 0 Å². The molecule has 1 fully saturated rings. The lowest BCUT2D eigenvalue weighted by Gasteiger charge is -2.44. The quantitative estimate of drug-likeness (QED) is 0.742. The van der Waals surface area contributed by atoms with Crippen molar-refractivity contribution in [3.8, 4) is 0 Å². The number of nitrogens with one attached hydrogen (secondary N) is 1. The highest BCUT2D eigenvalue weighted by Crippen LogP contribution is 2.40. The lowest BCUT2D eigenvalue weighted by molar-refractivity contribution is 0.0613. The Hall–Kier alpha value is -0.120. The van der Waals surface area contributed by atoms with Crippen molar-refractivity contribution in [2.45, 2.75) is 65.8 Å². The molecule has 1 rings (SSSR count). The average molecular weight is 299 g/mol. The molecule has 0 aliphatic heterocycles. The van der Waals surface area contributed by atoms with Crippen molar-refractivity contribution in [3.05, 3.63) is 0 Å². The van der Waals surface area contributed by atoms with Crippen molar-refractivity contribution in [2.24, 2.45) is 11.3 Å². The van der Waals surface area contributed by atoms with Crippen LogP contribution in [0.3, 0.4) is 0 Å². The van der Waals surface area contributed by atoms with Crippen LogP contribution in [-0.2, 0) is 4.74 Å². The highest BCUT2D eigenvalue weighted by molar-refractivity contribution is 4.91. The van der Waals surface area contributed by atoms with Crippen LogP contribution in [0.5, 0.6) is 0 Å². The standard InChI is InChI=1S/C18H38N2O/c1-7-20(11-12-21-6)15-18(14-19-17(3,4)5)10-8-9-16(2)13-18/h16,19H,7-15H2,1-6H3. The molecule has 0 bridgehead atoms. The summed E-state index contributed by atoms with van der Waals surface area (Å²) in [5, 5.41) is 3.78. The molecule has 0 amide bonds. The number of hydrogen-bond donors (Lipinski definition) is 1. The van der Waals surface area contributed by atoms with E-state index in [9.17, 15) is 0 Å². The fraction of sp³-hybridized carbons (Fsp3) is 1.00. The zero-order chi connectivity index (χ0) is 15.9. The van der Waals surface area contributed by atoms with E-state index in [-0.39, 0.29) is 5.54 Å². The fourth-order valence-corrected chi connectivity index (χ4v) is 3.63. The number of hydrogen-bond acceptors (Lipinski definition) is 3. The lowest BCUT2D eigenvalue weighted by atomic mass is 9.69. The van der Waals surface area contributed by atoms with Gasteiger partial charge in [0.2, 0.25) is 0 Å². The average Bonchev–Trinajstić information content (AvgIpc) is 2.41. The molecule has 3 heteroatoms. The Kier molecular flexibility index (Phi) is 7.66. The molecular formula is C18H38N2O. The molecule has 0 heterocycles. The van der Waals surface area contributed by atoms with E-state index in [1.54, 1.807) is 7.11 Å². The van der Waals surface area contributed by atoms with Gasteiger partial charge in [0.05, 0.1) is 6.61 Å². The third-order valence-electron chi connectivity index (χ3n) is 4.80. The molecule has 21 heavy (non-hydrogen) atoms. The summed E-state index contributed by atoms with van der Waals surface area (Å²) in [6, 6.07) is 0. The summed E-state index contributed by atoms with van der Waals surface area (Å²) in [4.78, 5) is 2.58. The van der Waals surface area contributed by atoms with E-state index in [1.807, 2.05) is 0 Å². The molecule has 2 unspecified atom stereocenters. The van der Waals surface area contributed by atoms with Gasteiger partial charge in [0.25, 0.3) is 0 Å². The van der Waals surface area contributed by atoms with Gasteiger partial charge in [-0.15, -0.1) is 0 Å². The molecule has 0 saturated heterocycles. The zero-order valence-corrected chi connectivity index (χ0v) is 15.3. The first-order valence-electron chi connectivity index (χ1n) is 8.76. The van der Waals surface area contributed by atoms with Gasteiger partial charge in [0, 0.05) is 32.3 Å². The van der Waals surface area contributed by atoms with Crippen LogP contribution in [0, 0.1) is 11.3 Å². The van der Waals surface area contributed by atoms with Crippen molar-refractivity contribution in [1.82, 2.24) is 10.2 Å². The van der Waals surface area contributed by atoms with E-state index < -0.39 is 0 Å². The van der Waals surface area contributed by atoms with Crippen LogP contribution in [0.2, 0.25) is 0 Å². The lowest BCUT2D eigenvalue weighted by Crippen LogP contribution is -2.51. The number of likely N-dealkylation sites (N-methyl/N-ethyl adjacent to an activating group) is 1. The van der Waals surface area contributed by atoms with Gasteiger partial charge in [-0.1, -0.05) is 26.7 Å². The summed E-state index contributed by atoms with van der Waals surface area (Å²) in [6.45, 7) is 16.9. The van der Waals surface area contributed by atoms with E-state index in [2.05, 4.69) is 44.8 Å². The van der Waals surface area contributed by atoms with E-state index >= 15 is 0 Å². The monoisotopic (exact) mass is 298 g/mol. The Labute approximate surface area is 132 Å². The number of methoxy groups -OCH3 is 1. The number of ether oxygens (including phenoxy) is 1. The molecule has 2 atom stereocenters. The number of nitrogens with zero attached hydrogens (tertiary/aromatic N) is 1. The Morgan fingerprint density at radius 2 is 2.05 bits per heavy atom. The molecule has 0 spiro atoms. The largest absolute Gasteiger partial charge is 0.383 e. The summed E-state index contributed by atoms with van der Waals surface area (Å²) < 4.78 is 5.27. The molecule has 3 nitrogen and oxygen atoms in total. The maximum atomic E-state index is 5.27. The predicted molar refractivity (Wildman–Crippen MR) is 91.8 cm³/mol. The van der Waals surface area contributed by atoms with Crippen molar-refractivity contribution in [1.29, 1.82) is 0 Å². The van der Waals surface area contributed by atoms with Gasteiger partial charge in [-0.2, -0.15) is 0 Å². The SMILES string of the molecule is CCN(CCOC)CC1(CNC(C)(C)C)CCCC(C)C1. The summed E-state index contributed by atoms with van der Waals surface area (Å²) in [5.41, 5.74) is 0.645. The topological polar surface area (TPSA) is 24.5 Å². The van der Waals surface area contributed by atoms with Crippen LogP contribution in [0.25, 0.3) is 0 Å². The van der Waals surface area contributed by atoms with Crippen LogP contribution < -0.4 is 5.32 Å². The normalized spacial score (nSPS) is 27.3. The van der Waals surface area contributed by atoms with Crippen LogP contribution in [0.1, 0.15) is 60.3 Å².